The summed E-state index contributed by atoms with van der Waals surface area (Å²) in [5.41, 5.74) is 3.93. The lowest BCUT2D eigenvalue weighted by Crippen LogP contribution is -2.39. The molecule has 1 aliphatic heterocycles. The molecule has 0 N–H and O–H groups in total. The van der Waals surface area contributed by atoms with Crippen LogP contribution in [-0.4, -0.2) is 35.4 Å². The summed E-state index contributed by atoms with van der Waals surface area (Å²) in [4.78, 5) is 22.2. The normalized spacial score (nSPS) is 18.7. The van der Waals surface area contributed by atoms with Gasteiger partial charge in [0.15, 0.2) is 0 Å². The Morgan fingerprint density at radius 2 is 2.14 bits per heavy atom. The van der Waals surface area contributed by atoms with E-state index in [2.05, 4.69) is 9.88 Å². The number of aromatic nitrogens is 1. The van der Waals surface area contributed by atoms with Crippen LogP contribution < -0.4 is 4.90 Å². The minimum absolute atomic E-state index is 0.0355. The van der Waals surface area contributed by atoms with Crippen molar-refractivity contribution in [3.8, 4) is 0 Å². The molecule has 1 fully saturated rings. The van der Waals surface area contributed by atoms with E-state index in [1.165, 1.54) is 4.88 Å². The third-order valence-electron chi connectivity index (χ3n) is 4.02. The molecule has 2 aromatic rings. The molecule has 1 amide bonds. The van der Waals surface area contributed by atoms with Crippen LogP contribution in [0.4, 0.5) is 5.69 Å². The maximum absolute atomic E-state index is 12.6. The smallest absolute Gasteiger partial charge is 0.244 e. The fraction of sp³-hybridized carbons (Fsp3) is 0.375. The second-order valence-corrected chi connectivity index (χ2v) is 6.35. The number of para-hydroxylation sites is 1. The van der Waals surface area contributed by atoms with Crippen molar-refractivity contribution >= 4 is 22.9 Å². The molecule has 5 heteroatoms. The first kappa shape index (κ1) is 14.2. The zero-order valence-electron chi connectivity index (χ0n) is 12.3. The van der Waals surface area contributed by atoms with Crippen molar-refractivity contribution in [3.05, 3.63) is 46.4 Å². The molecule has 21 heavy (non-hydrogen) atoms. The number of anilines is 1. The molecule has 2 heterocycles. The summed E-state index contributed by atoms with van der Waals surface area (Å²) in [6, 6.07) is 9.87. The molecule has 1 aromatic heterocycles. The van der Waals surface area contributed by atoms with Gasteiger partial charge < -0.3 is 4.90 Å². The molecule has 110 valence electrons. The van der Waals surface area contributed by atoms with Crippen molar-refractivity contribution in [1.82, 2.24) is 9.88 Å². The first-order valence-corrected chi connectivity index (χ1v) is 8.00. The van der Waals surface area contributed by atoms with Gasteiger partial charge in [0.1, 0.15) is 0 Å². The van der Waals surface area contributed by atoms with Crippen LogP contribution in [0.15, 0.2) is 35.8 Å². The van der Waals surface area contributed by atoms with E-state index in [-0.39, 0.29) is 11.9 Å². The Kier molecular flexibility index (Phi) is 4.03. The molecule has 1 unspecified atom stereocenters. The summed E-state index contributed by atoms with van der Waals surface area (Å²) in [6.45, 7) is 3.60. The van der Waals surface area contributed by atoms with Gasteiger partial charge in [0.25, 0.3) is 0 Å². The van der Waals surface area contributed by atoms with E-state index in [9.17, 15) is 4.79 Å². The van der Waals surface area contributed by atoms with Crippen LogP contribution in [0.5, 0.6) is 0 Å². The molecular weight excluding hydrogens is 282 g/mol. The van der Waals surface area contributed by atoms with Crippen molar-refractivity contribution < 1.29 is 4.79 Å². The predicted octanol–water partition coefficient (Wildman–Crippen LogP) is 2.69. The van der Waals surface area contributed by atoms with Crippen LogP contribution in [0.3, 0.4) is 0 Å². The summed E-state index contributed by atoms with van der Waals surface area (Å²) in [7, 11) is 2.02. The minimum Gasteiger partial charge on any atom is -0.311 e. The van der Waals surface area contributed by atoms with Crippen LogP contribution in [0.2, 0.25) is 0 Å². The second kappa shape index (κ2) is 5.95. The zero-order chi connectivity index (χ0) is 14.8. The highest BCUT2D eigenvalue weighted by molar-refractivity contribution is 7.09. The first-order valence-electron chi connectivity index (χ1n) is 7.12. The van der Waals surface area contributed by atoms with Crippen molar-refractivity contribution in [2.75, 3.05) is 18.5 Å². The van der Waals surface area contributed by atoms with Gasteiger partial charge in [0, 0.05) is 23.7 Å². The van der Waals surface area contributed by atoms with E-state index in [0.717, 1.165) is 30.9 Å². The Hall–Kier alpha value is -1.72. The highest BCUT2D eigenvalue weighted by atomic mass is 32.1. The van der Waals surface area contributed by atoms with E-state index >= 15 is 0 Å². The van der Waals surface area contributed by atoms with Gasteiger partial charge in [-0.3, -0.25) is 9.69 Å². The summed E-state index contributed by atoms with van der Waals surface area (Å²) >= 11 is 1.66. The maximum Gasteiger partial charge on any atom is 0.244 e. The lowest BCUT2D eigenvalue weighted by atomic mass is 10.2. The molecular formula is C16H19N3OS. The van der Waals surface area contributed by atoms with Crippen molar-refractivity contribution in [3.63, 3.8) is 0 Å². The number of carbonyl (C=O) groups is 1. The van der Waals surface area contributed by atoms with Crippen molar-refractivity contribution in [2.24, 2.45) is 0 Å². The van der Waals surface area contributed by atoms with Gasteiger partial charge in [-0.15, -0.1) is 11.3 Å². The maximum atomic E-state index is 12.6. The number of benzene rings is 1. The van der Waals surface area contributed by atoms with Gasteiger partial charge >= 0.3 is 0 Å². The monoisotopic (exact) mass is 301 g/mol. The molecule has 0 bridgehead atoms. The number of aryl methyl sites for hydroxylation is 1. The second-order valence-electron chi connectivity index (χ2n) is 5.41. The van der Waals surface area contributed by atoms with Gasteiger partial charge in [0.2, 0.25) is 5.91 Å². The summed E-state index contributed by atoms with van der Waals surface area (Å²) in [5.74, 6) is 0.200. The van der Waals surface area contributed by atoms with Gasteiger partial charge in [-0.1, -0.05) is 18.2 Å². The molecule has 1 atom stereocenters. The Bertz CT molecular complexity index is 625. The standard InChI is InChI=1S/C16H19N3OS/c1-12-15(21-11-17-12)10-18(2)14-8-9-19(16(14)20)13-6-4-3-5-7-13/h3-7,11,14H,8-10H2,1-2H3. The summed E-state index contributed by atoms with van der Waals surface area (Å²) < 4.78 is 0. The fourth-order valence-electron chi connectivity index (χ4n) is 2.75. The largest absolute Gasteiger partial charge is 0.311 e. The van der Waals surface area contributed by atoms with Crippen LogP contribution in [-0.2, 0) is 11.3 Å². The summed E-state index contributed by atoms with van der Waals surface area (Å²) in [5, 5.41) is 0. The molecule has 1 aliphatic rings. The van der Waals surface area contributed by atoms with E-state index < -0.39 is 0 Å². The molecule has 0 aliphatic carbocycles. The molecule has 0 spiro atoms. The van der Waals surface area contributed by atoms with Crippen LogP contribution >= 0.6 is 11.3 Å². The van der Waals surface area contributed by atoms with Crippen molar-refractivity contribution in [2.45, 2.75) is 25.9 Å². The number of nitrogens with zero attached hydrogens (tertiary/aromatic N) is 3. The average Bonchev–Trinajstić information content (AvgIpc) is 3.06. The quantitative estimate of drug-likeness (QED) is 0.871. The van der Waals surface area contributed by atoms with Gasteiger partial charge in [-0.05, 0) is 32.5 Å². The number of likely N-dealkylation sites (N-methyl/N-ethyl adjacent to an activating group) is 1. The third-order valence-corrected chi connectivity index (χ3v) is 4.93. The minimum atomic E-state index is -0.0355. The molecule has 4 nitrogen and oxygen atoms in total. The van der Waals surface area contributed by atoms with E-state index in [1.54, 1.807) is 11.3 Å². The topological polar surface area (TPSA) is 36.4 Å². The number of rotatable bonds is 4. The number of hydrogen-bond donors (Lipinski definition) is 0. The molecule has 0 saturated carbocycles. The average molecular weight is 301 g/mol. The Labute approximate surface area is 129 Å². The lowest BCUT2D eigenvalue weighted by Gasteiger charge is -2.23. The van der Waals surface area contributed by atoms with Crippen LogP contribution in [0.1, 0.15) is 17.0 Å². The van der Waals surface area contributed by atoms with Crippen LogP contribution in [0.25, 0.3) is 0 Å². The first-order chi connectivity index (χ1) is 10.2. The fourth-order valence-corrected chi connectivity index (χ4v) is 3.59. The molecule has 3 rings (SSSR count). The van der Waals surface area contributed by atoms with Crippen LogP contribution in [0, 0.1) is 6.92 Å². The molecule has 1 aromatic carbocycles. The van der Waals surface area contributed by atoms with Gasteiger partial charge in [-0.2, -0.15) is 0 Å². The predicted molar refractivity (Wildman–Crippen MR) is 85.5 cm³/mol. The number of carbonyl (C=O) groups excluding carboxylic acids is 1. The number of thiazole rings is 1. The summed E-state index contributed by atoms with van der Waals surface area (Å²) in [6.07, 6.45) is 0.877. The highest BCUT2D eigenvalue weighted by Gasteiger charge is 2.35. The Morgan fingerprint density at radius 1 is 1.38 bits per heavy atom. The van der Waals surface area contributed by atoms with E-state index in [4.69, 9.17) is 0 Å². The van der Waals surface area contributed by atoms with Crippen molar-refractivity contribution in [1.29, 1.82) is 0 Å². The van der Waals surface area contributed by atoms with Gasteiger partial charge in [-0.25, -0.2) is 4.98 Å². The molecule has 0 radical (unpaired) electrons. The Morgan fingerprint density at radius 3 is 2.81 bits per heavy atom. The van der Waals surface area contributed by atoms with E-state index in [0.29, 0.717) is 0 Å². The third kappa shape index (κ3) is 2.84. The zero-order valence-corrected chi connectivity index (χ0v) is 13.1. The van der Waals surface area contributed by atoms with Gasteiger partial charge in [0.05, 0.1) is 17.2 Å². The Balaban J connectivity index is 1.70. The molecule has 1 saturated heterocycles. The highest BCUT2D eigenvalue weighted by Crippen LogP contribution is 2.25. The number of amides is 1. The SMILES string of the molecule is Cc1ncsc1CN(C)C1CCN(c2ccccc2)C1=O. The van der Waals surface area contributed by atoms with E-state index in [1.807, 2.05) is 54.7 Å². The lowest BCUT2D eigenvalue weighted by molar-refractivity contribution is -0.121. The number of hydrogen-bond acceptors (Lipinski definition) is 4.